The number of hydrogen-bond acceptors (Lipinski definition) is 5. The Morgan fingerprint density at radius 2 is 2.00 bits per heavy atom. The number of likely N-dealkylation sites (N-methyl/N-ethyl adjacent to an activating group) is 1. The van der Waals surface area contributed by atoms with Crippen LogP contribution in [0.15, 0.2) is 0 Å². The Bertz CT molecular complexity index is 353. The Balaban J connectivity index is 1.87. The van der Waals surface area contributed by atoms with Crippen LogP contribution in [0.2, 0.25) is 0 Å². The molecular weight excluding hydrogens is 266 g/mol. The van der Waals surface area contributed by atoms with Crippen LogP contribution in [0, 0.1) is 5.92 Å². The lowest BCUT2D eigenvalue weighted by molar-refractivity contribution is -0.148. The summed E-state index contributed by atoms with van der Waals surface area (Å²) < 4.78 is 5.00. The van der Waals surface area contributed by atoms with Crippen molar-refractivity contribution in [1.29, 1.82) is 0 Å². The van der Waals surface area contributed by atoms with Gasteiger partial charge in [-0.3, -0.25) is 9.69 Å². The summed E-state index contributed by atoms with van der Waals surface area (Å²) in [6.07, 6.45) is 2.84. The van der Waals surface area contributed by atoms with E-state index in [1.807, 2.05) is 7.05 Å². The molecular formula is C16H31N3O2. The molecule has 0 radical (unpaired) electrons. The van der Waals surface area contributed by atoms with Gasteiger partial charge in [-0.2, -0.15) is 0 Å². The second kappa shape index (κ2) is 7.07. The highest BCUT2D eigenvalue weighted by atomic mass is 16.5. The molecule has 0 aromatic rings. The van der Waals surface area contributed by atoms with Gasteiger partial charge in [-0.05, 0) is 32.2 Å². The summed E-state index contributed by atoms with van der Waals surface area (Å²) >= 11 is 0. The molecule has 1 saturated heterocycles. The third kappa shape index (κ3) is 3.76. The van der Waals surface area contributed by atoms with Gasteiger partial charge in [0.25, 0.3) is 0 Å². The second-order valence-electron chi connectivity index (χ2n) is 6.95. The molecule has 2 aliphatic rings. The van der Waals surface area contributed by atoms with Crippen molar-refractivity contribution in [2.75, 3.05) is 46.9 Å². The molecule has 5 heteroatoms. The molecule has 1 N–H and O–H groups in total. The number of nitrogens with one attached hydrogen (secondary N) is 1. The van der Waals surface area contributed by atoms with Crippen LogP contribution >= 0.6 is 0 Å². The third-order valence-corrected chi connectivity index (χ3v) is 5.09. The molecule has 0 aromatic carbocycles. The van der Waals surface area contributed by atoms with Crippen LogP contribution in [0.4, 0.5) is 0 Å². The monoisotopic (exact) mass is 297 g/mol. The fraction of sp³-hybridized carbons (Fsp3) is 0.938. The minimum absolute atomic E-state index is 0.106. The zero-order valence-electron chi connectivity index (χ0n) is 14.0. The molecule has 21 heavy (non-hydrogen) atoms. The normalized spacial score (nSPS) is 31.8. The Hall–Kier alpha value is -0.650. The summed E-state index contributed by atoms with van der Waals surface area (Å²) in [5.74, 6) is 0.630. The van der Waals surface area contributed by atoms with Crippen molar-refractivity contribution in [2.45, 2.75) is 44.7 Å². The maximum atomic E-state index is 12.1. The Morgan fingerprint density at radius 3 is 2.52 bits per heavy atom. The summed E-state index contributed by atoms with van der Waals surface area (Å²) in [4.78, 5) is 17.2. The van der Waals surface area contributed by atoms with Gasteiger partial charge in [0.1, 0.15) is 5.54 Å². The van der Waals surface area contributed by atoms with E-state index in [-0.39, 0.29) is 5.97 Å². The van der Waals surface area contributed by atoms with Gasteiger partial charge in [0.2, 0.25) is 0 Å². The van der Waals surface area contributed by atoms with Crippen LogP contribution in [0.25, 0.3) is 0 Å². The molecule has 1 aliphatic carbocycles. The number of carbonyl (C=O) groups is 1. The van der Waals surface area contributed by atoms with Crippen LogP contribution in [-0.2, 0) is 9.53 Å². The van der Waals surface area contributed by atoms with Crippen LogP contribution in [0.1, 0.15) is 33.1 Å². The molecule has 1 saturated carbocycles. The lowest BCUT2D eigenvalue weighted by atomic mass is 9.97. The zero-order chi connectivity index (χ0) is 15.5. The standard InChI is InChI=1S/C16H31N3O2/c1-13(2)12-18-7-9-19(10-8-18)14-5-6-16(11-14,17-3)15(20)21-4/h13-14,17H,5-12H2,1-4H3. The number of ether oxygens (including phenoxy) is 1. The largest absolute Gasteiger partial charge is 0.468 e. The first kappa shape index (κ1) is 16.7. The molecule has 0 aromatic heterocycles. The van der Waals surface area contributed by atoms with Crippen LogP contribution in [0.3, 0.4) is 0 Å². The number of methoxy groups -OCH3 is 1. The number of piperazine rings is 1. The molecule has 2 rings (SSSR count). The predicted octanol–water partition coefficient (Wildman–Crippen LogP) is 0.944. The molecule has 2 atom stereocenters. The molecule has 122 valence electrons. The van der Waals surface area contributed by atoms with E-state index in [0.29, 0.717) is 6.04 Å². The number of rotatable bonds is 5. The Kier molecular flexibility index (Phi) is 5.63. The van der Waals surface area contributed by atoms with E-state index in [1.54, 1.807) is 0 Å². The summed E-state index contributed by atoms with van der Waals surface area (Å²) in [6.45, 7) is 10.3. The lowest BCUT2D eigenvalue weighted by Crippen LogP contribution is -2.53. The van der Waals surface area contributed by atoms with Crippen molar-refractivity contribution in [3.8, 4) is 0 Å². The first-order chi connectivity index (χ1) is 10.0. The summed E-state index contributed by atoms with van der Waals surface area (Å²) in [7, 11) is 3.36. The van der Waals surface area contributed by atoms with E-state index in [2.05, 4.69) is 29.0 Å². The van der Waals surface area contributed by atoms with Gasteiger partial charge in [-0.1, -0.05) is 13.8 Å². The highest BCUT2D eigenvalue weighted by Crippen LogP contribution is 2.34. The minimum atomic E-state index is -0.464. The van der Waals surface area contributed by atoms with E-state index >= 15 is 0 Å². The summed E-state index contributed by atoms with van der Waals surface area (Å²) in [5.41, 5.74) is -0.464. The van der Waals surface area contributed by atoms with Crippen molar-refractivity contribution in [3.05, 3.63) is 0 Å². The highest BCUT2D eigenvalue weighted by molar-refractivity contribution is 5.81. The molecule has 0 amide bonds. The Labute approximate surface area is 129 Å². The number of hydrogen-bond donors (Lipinski definition) is 1. The van der Waals surface area contributed by atoms with Gasteiger partial charge in [0.15, 0.2) is 0 Å². The first-order valence-electron chi connectivity index (χ1n) is 8.24. The quantitative estimate of drug-likeness (QED) is 0.765. The first-order valence-corrected chi connectivity index (χ1v) is 8.24. The lowest BCUT2D eigenvalue weighted by Gasteiger charge is -2.39. The third-order valence-electron chi connectivity index (χ3n) is 5.09. The van der Waals surface area contributed by atoms with Crippen molar-refractivity contribution >= 4 is 5.97 Å². The van der Waals surface area contributed by atoms with Gasteiger partial charge in [0, 0.05) is 38.8 Å². The van der Waals surface area contributed by atoms with Crippen LogP contribution in [-0.4, -0.2) is 74.2 Å². The average molecular weight is 297 g/mol. The number of carbonyl (C=O) groups excluding carboxylic acids is 1. The molecule has 1 heterocycles. The van der Waals surface area contributed by atoms with Gasteiger partial charge in [0.05, 0.1) is 7.11 Å². The number of esters is 1. The second-order valence-corrected chi connectivity index (χ2v) is 6.95. The van der Waals surface area contributed by atoms with E-state index in [0.717, 1.165) is 51.4 Å². The Morgan fingerprint density at radius 1 is 1.33 bits per heavy atom. The molecule has 0 bridgehead atoms. The minimum Gasteiger partial charge on any atom is -0.468 e. The average Bonchev–Trinajstić information content (AvgIpc) is 2.92. The van der Waals surface area contributed by atoms with Crippen molar-refractivity contribution in [1.82, 2.24) is 15.1 Å². The molecule has 5 nitrogen and oxygen atoms in total. The molecule has 0 spiro atoms. The van der Waals surface area contributed by atoms with Gasteiger partial charge >= 0.3 is 5.97 Å². The highest BCUT2D eigenvalue weighted by Gasteiger charge is 2.46. The van der Waals surface area contributed by atoms with E-state index in [4.69, 9.17) is 4.74 Å². The van der Waals surface area contributed by atoms with E-state index in [9.17, 15) is 4.79 Å². The maximum Gasteiger partial charge on any atom is 0.326 e. The van der Waals surface area contributed by atoms with Crippen molar-refractivity contribution in [2.24, 2.45) is 5.92 Å². The van der Waals surface area contributed by atoms with Gasteiger partial charge in [-0.15, -0.1) is 0 Å². The van der Waals surface area contributed by atoms with E-state index in [1.165, 1.54) is 13.7 Å². The van der Waals surface area contributed by atoms with Gasteiger partial charge < -0.3 is 15.0 Å². The molecule has 1 aliphatic heterocycles. The topological polar surface area (TPSA) is 44.8 Å². The van der Waals surface area contributed by atoms with Crippen LogP contribution < -0.4 is 5.32 Å². The smallest absolute Gasteiger partial charge is 0.326 e. The summed E-state index contributed by atoms with van der Waals surface area (Å²) in [6, 6.07) is 0.512. The van der Waals surface area contributed by atoms with Crippen molar-refractivity contribution in [3.63, 3.8) is 0 Å². The van der Waals surface area contributed by atoms with Gasteiger partial charge in [-0.25, -0.2) is 0 Å². The fourth-order valence-corrected chi connectivity index (χ4v) is 3.87. The summed E-state index contributed by atoms with van der Waals surface area (Å²) in [5, 5.41) is 3.22. The number of nitrogens with zero attached hydrogens (tertiary/aromatic N) is 2. The maximum absolute atomic E-state index is 12.1. The fourth-order valence-electron chi connectivity index (χ4n) is 3.87. The molecule has 2 unspecified atom stereocenters. The van der Waals surface area contributed by atoms with Crippen LogP contribution in [0.5, 0.6) is 0 Å². The SMILES string of the molecule is CNC1(C(=O)OC)CCC(N2CCN(CC(C)C)CC2)C1. The molecule has 2 fully saturated rings. The zero-order valence-corrected chi connectivity index (χ0v) is 14.0. The predicted molar refractivity (Wildman–Crippen MR) is 84.3 cm³/mol. The van der Waals surface area contributed by atoms with Crippen molar-refractivity contribution < 1.29 is 9.53 Å². The van der Waals surface area contributed by atoms with E-state index < -0.39 is 5.54 Å².